The van der Waals surface area contributed by atoms with E-state index < -0.39 is 0 Å². The first kappa shape index (κ1) is 16.9. The van der Waals surface area contributed by atoms with Gasteiger partial charge in [0.1, 0.15) is 17.8 Å². The standard InChI is InChI=1S/C19H17ClN4O/c1-12-7-8-14(9-13(12)2)23-18-10-17(21-11-22-18)19(25)24-16-6-4-3-5-15(16)20/h3-11H,1-2H3,(H,24,25)(H,21,22,23). The molecule has 2 aromatic carbocycles. The van der Waals surface area contributed by atoms with Gasteiger partial charge in [0.2, 0.25) is 0 Å². The van der Waals surface area contributed by atoms with E-state index in [1.54, 1.807) is 30.3 Å². The lowest BCUT2D eigenvalue weighted by molar-refractivity contribution is 0.102. The number of para-hydroxylation sites is 1. The average molecular weight is 353 g/mol. The first-order valence-corrected chi connectivity index (χ1v) is 8.13. The summed E-state index contributed by atoms with van der Waals surface area (Å²) >= 11 is 6.06. The van der Waals surface area contributed by atoms with Crippen LogP contribution in [0.2, 0.25) is 5.02 Å². The highest BCUT2D eigenvalue weighted by molar-refractivity contribution is 6.33. The van der Waals surface area contributed by atoms with Gasteiger partial charge in [-0.25, -0.2) is 9.97 Å². The normalized spacial score (nSPS) is 10.4. The topological polar surface area (TPSA) is 66.9 Å². The second kappa shape index (κ2) is 7.32. The third-order valence-corrected chi connectivity index (χ3v) is 4.13. The second-order valence-electron chi connectivity index (χ2n) is 5.65. The van der Waals surface area contributed by atoms with Crippen molar-refractivity contribution in [2.24, 2.45) is 0 Å². The van der Waals surface area contributed by atoms with Gasteiger partial charge in [-0.1, -0.05) is 29.8 Å². The number of benzene rings is 2. The molecule has 0 fully saturated rings. The zero-order valence-corrected chi connectivity index (χ0v) is 14.6. The molecule has 0 unspecified atom stereocenters. The summed E-state index contributed by atoms with van der Waals surface area (Å²) in [4.78, 5) is 20.6. The predicted octanol–water partition coefficient (Wildman–Crippen LogP) is 4.74. The van der Waals surface area contributed by atoms with Crippen LogP contribution in [0.1, 0.15) is 21.6 Å². The van der Waals surface area contributed by atoms with Crippen molar-refractivity contribution < 1.29 is 4.79 Å². The molecule has 126 valence electrons. The average Bonchev–Trinajstić information content (AvgIpc) is 2.60. The van der Waals surface area contributed by atoms with Crippen molar-refractivity contribution in [1.82, 2.24) is 9.97 Å². The molecule has 25 heavy (non-hydrogen) atoms. The molecular formula is C19H17ClN4O. The molecule has 0 radical (unpaired) electrons. The fourth-order valence-electron chi connectivity index (χ4n) is 2.27. The zero-order valence-electron chi connectivity index (χ0n) is 13.9. The van der Waals surface area contributed by atoms with Gasteiger partial charge < -0.3 is 10.6 Å². The van der Waals surface area contributed by atoms with Crippen LogP contribution < -0.4 is 10.6 Å². The van der Waals surface area contributed by atoms with Gasteiger partial charge in [0, 0.05) is 11.8 Å². The van der Waals surface area contributed by atoms with E-state index in [2.05, 4.69) is 27.5 Å². The van der Waals surface area contributed by atoms with Crippen LogP contribution in [0.5, 0.6) is 0 Å². The van der Waals surface area contributed by atoms with E-state index in [0.29, 0.717) is 16.5 Å². The van der Waals surface area contributed by atoms with Crippen LogP contribution in [0, 0.1) is 13.8 Å². The first-order chi connectivity index (χ1) is 12.0. The third kappa shape index (κ3) is 4.14. The molecule has 0 saturated carbocycles. The van der Waals surface area contributed by atoms with Crippen molar-refractivity contribution >= 4 is 34.7 Å². The number of anilines is 3. The van der Waals surface area contributed by atoms with E-state index in [1.165, 1.54) is 17.5 Å². The molecule has 0 spiro atoms. The fraction of sp³-hybridized carbons (Fsp3) is 0.105. The Kier molecular flexibility index (Phi) is 4.95. The monoisotopic (exact) mass is 352 g/mol. The van der Waals surface area contributed by atoms with Crippen LogP contribution in [0.15, 0.2) is 54.9 Å². The largest absolute Gasteiger partial charge is 0.340 e. The number of aromatic nitrogens is 2. The highest BCUT2D eigenvalue weighted by Crippen LogP contribution is 2.22. The Morgan fingerprint density at radius 1 is 1.00 bits per heavy atom. The van der Waals surface area contributed by atoms with Crippen molar-refractivity contribution in [1.29, 1.82) is 0 Å². The molecule has 1 aromatic heterocycles. The van der Waals surface area contributed by atoms with Crippen LogP contribution in [0.3, 0.4) is 0 Å². The molecule has 0 aliphatic carbocycles. The molecule has 5 nitrogen and oxygen atoms in total. The van der Waals surface area contributed by atoms with Gasteiger partial charge in [-0.15, -0.1) is 0 Å². The minimum absolute atomic E-state index is 0.251. The van der Waals surface area contributed by atoms with Crippen LogP contribution in [-0.2, 0) is 0 Å². The van der Waals surface area contributed by atoms with E-state index in [1.807, 2.05) is 25.1 Å². The minimum Gasteiger partial charge on any atom is -0.340 e. The fourth-order valence-corrected chi connectivity index (χ4v) is 2.45. The maximum atomic E-state index is 12.4. The van der Waals surface area contributed by atoms with Gasteiger partial charge in [0.05, 0.1) is 10.7 Å². The third-order valence-electron chi connectivity index (χ3n) is 3.80. The molecular weight excluding hydrogens is 336 g/mol. The highest BCUT2D eigenvalue weighted by atomic mass is 35.5. The Hall–Kier alpha value is -2.92. The number of nitrogens with one attached hydrogen (secondary N) is 2. The van der Waals surface area contributed by atoms with E-state index in [0.717, 1.165) is 5.69 Å². The number of hydrogen-bond donors (Lipinski definition) is 2. The smallest absolute Gasteiger partial charge is 0.274 e. The summed E-state index contributed by atoms with van der Waals surface area (Å²) in [5.41, 5.74) is 4.08. The van der Waals surface area contributed by atoms with Crippen molar-refractivity contribution in [2.45, 2.75) is 13.8 Å². The number of carbonyl (C=O) groups is 1. The number of hydrogen-bond acceptors (Lipinski definition) is 4. The predicted molar refractivity (Wildman–Crippen MR) is 101 cm³/mol. The van der Waals surface area contributed by atoms with Crippen molar-refractivity contribution in [3.8, 4) is 0 Å². The number of halogens is 1. The molecule has 0 aliphatic heterocycles. The Labute approximate surface area is 151 Å². The Balaban J connectivity index is 1.77. The van der Waals surface area contributed by atoms with E-state index >= 15 is 0 Å². The zero-order chi connectivity index (χ0) is 17.8. The lowest BCUT2D eigenvalue weighted by Gasteiger charge is -2.10. The Bertz CT molecular complexity index is 927. The molecule has 3 aromatic rings. The van der Waals surface area contributed by atoms with Gasteiger partial charge in [-0.3, -0.25) is 4.79 Å². The van der Waals surface area contributed by atoms with Gasteiger partial charge in [0.25, 0.3) is 5.91 Å². The number of amides is 1. The number of rotatable bonds is 4. The summed E-state index contributed by atoms with van der Waals surface area (Å²) in [6, 6.07) is 14.7. The maximum Gasteiger partial charge on any atom is 0.274 e. The Morgan fingerprint density at radius 3 is 2.56 bits per heavy atom. The SMILES string of the molecule is Cc1ccc(Nc2cc(C(=O)Nc3ccccc3Cl)ncn2)cc1C. The quantitative estimate of drug-likeness (QED) is 0.711. The molecule has 3 rings (SSSR count). The van der Waals surface area contributed by atoms with Gasteiger partial charge in [-0.2, -0.15) is 0 Å². The molecule has 0 bridgehead atoms. The van der Waals surface area contributed by atoms with Crippen LogP contribution in [0.25, 0.3) is 0 Å². The lowest BCUT2D eigenvalue weighted by Crippen LogP contribution is -2.14. The van der Waals surface area contributed by atoms with Crippen LogP contribution in [-0.4, -0.2) is 15.9 Å². The van der Waals surface area contributed by atoms with E-state index in [9.17, 15) is 4.79 Å². The minimum atomic E-state index is -0.348. The molecule has 0 aliphatic rings. The van der Waals surface area contributed by atoms with Crippen LogP contribution >= 0.6 is 11.6 Å². The highest BCUT2D eigenvalue weighted by Gasteiger charge is 2.11. The Morgan fingerprint density at radius 2 is 1.80 bits per heavy atom. The summed E-state index contributed by atoms with van der Waals surface area (Å²) in [5.74, 6) is 0.196. The van der Waals surface area contributed by atoms with Crippen molar-refractivity contribution in [2.75, 3.05) is 10.6 Å². The van der Waals surface area contributed by atoms with Crippen molar-refractivity contribution in [3.05, 3.63) is 76.7 Å². The summed E-state index contributed by atoms with van der Waals surface area (Å²) in [5, 5.41) is 6.40. The van der Waals surface area contributed by atoms with E-state index in [-0.39, 0.29) is 11.6 Å². The molecule has 6 heteroatoms. The summed E-state index contributed by atoms with van der Waals surface area (Å²) in [7, 11) is 0. The van der Waals surface area contributed by atoms with Gasteiger partial charge >= 0.3 is 0 Å². The molecule has 0 saturated heterocycles. The van der Waals surface area contributed by atoms with E-state index in [4.69, 9.17) is 11.6 Å². The van der Waals surface area contributed by atoms with Gasteiger partial charge in [0.15, 0.2) is 0 Å². The molecule has 1 heterocycles. The van der Waals surface area contributed by atoms with Crippen molar-refractivity contribution in [3.63, 3.8) is 0 Å². The van der Waals surface area contributed by atoms with Gasteiger partial charge in [-0.05, 0) is 49.2 Å². The molecule has 0 atom stereocenters. The second-order valence-corrected chi connectivity index (χ2v) is 6.05. The summed E-state index contributed by atoms with van der Waals surface area (Å²) < 4.78 is 0. The maximum absolute atomic E-state index is 12.4. The first-order valence-electron chi connectivity index (χ1n) is 7.75. The molecule has 1 amide bonds. The lowest BCUT2D eigenvalue weighted by atomic mass is 10.1. The number of aryl methyl sites for hydroxylation is 2. The summed E-state index contributed by atoms with van der Waals surface area (Å²) in [6.45, 7) is 4.10. The number of nitrogens with zero attached hydrogens (tertiary/aromatic N) is 2. The van der Waals surface area contributed by atoms with Crippen LogP contribution in [0.4, 0.5) is 17.2 Å². The molecule has 2 N–H and O–H groups in total. The summed E-state index contributed by atoms with van der Waals surface area (Å²) in [6.07, 6.45) is 1.35. The number of carbonyl (C=O) groups excluding carboxylic acids is 1.